The smallest absolute Gasteiger partial charge is 0.253 e. The molecule has 4 nitrogen and oxygen atoms in total. The third-order valence-electron chi connectivity index (χ3n) is 15.1. The molecule has 0 aliphatic carbocycles. The van der Waals surface area contributed by atoms with Gasteiger partial charge in [-0.1, -0.05) is 164 Å². The van der Waals surface area contributed by atoms with Crippen molar-refractivity contribution in [2.24, 2.45) is 0 Å². The van der Waals surface area contributed by atoms with Crippen molar-refractivity contribution in [3.05, 3.63) is 261 Å². The molecule has 0 saturated carbocycles. The Balaban J connectivity index is 1.09. The Kier molecular flexibility index (Phi) is 8.72. The van der Waals surface area contributed by atoms with Gasteiger partial charge in [-0.15, -0.1) is 0 Å². The van der Waals surface area contributed by atoms with Gasteiger partial charge in [0.05, 0.1) is 22.1 Å². The number of nitrogens with zero attached hydrogens (tertiary/aromatic N) is 4. The summed E-state index contributed by atoms with van der Waals surface area (Å²) in [6, 6.07) is 96.2. The lowest BCUT2D eigenvalue weighted by Crippen LogP contribution is -2.62. The summed E-state index contributed by atoms with van der Waals surface area (Å²) in [6.07, 6.45) is 0. The molecular formula is C66H43BN4. The summed E-state index contributed by atoms with van der Waals surface area (Å²) in [5.41, 5.74) is 22.8. The molecule has 5 heteroatoms. The standard InChI is InChI=1S/C66H43BN4/c1-5-22-44(23-6-1)68-54-36-15-13-30-52(54)62-48(32-17-38-56(62)68)50-34-19-40-58-64(50)67-65-51(49-33-18-39-57-63(49)53-31-14-16-37-55(53)69(57)45-24-7-2-8-25-45)35-20-41-59(65)71(47-28-11-4-12-29-47)61-43-21-42-60(66(61)67)70(58)46-26-9-3-10-27-46/h1-43H. The first-order valence-corrected chi connectivity index (χ1v) is 24.6. The van der Waals surface area contributed by atoms with Crippen molar-refractivity contribution in [2.75, 3.05) is 9.80 Å². The SMILES string of the molecule is c1ccc(N2c3cccc(-c4cccc5c4c4ccccc4n5-c4ccccc4)c3B3c4c(-c5cccc6c5c5ccccc5n6-c5ccccc5)cccc4N(c4ccccc4)c4cccc2c43)cc1. The third kappa shape index (κ3) is 5.75. The van der Waals surface area contributed by atoms with E-state index in [0.29, 0.717) is 0 Å². The maximum absolute atomic E-state index is 2.52. The van der Waals surface area contributed by atoms with Gasteiger partial charge < -0.3 is 18.9 Å². The van der Waals surface area contributed by atoms with Crippen LogP contribution < -0.4 is 26.2 Å². The summed E-state index contributed by atoms with van der Waals surface area (Å²) in [7, 11) is 0. The molecule has 0 unspecified atom stereocenters. The number of aromatic nitrogens is 2. The molecule has 2 aromatic heterocycles. The van der Waals surface area contributed by atoms with E-state index >= 15 is 0 Å². The van der Waals surface area contributed by atoms with Crippen LogP contribution in [0.2, 0.25) is 0 Å². The van der Waals surface area contributed by atoms with Gasteiger partial charge in [0.2, 0.25) is 0 Å². The largest absolute Gasteiger partial charge is 0.311 e. The van der Waals surface area contributed by atoms with E-state index in [1.807, 2.05) is 0 Å². The second kappa shape index (κ2) is 15.6. The molecule has 0 atom stereocenters. The Morgan fingerprint density at radius 3 is 0.958 bits per heavy atom. The monoisotopic (exact) mass is 902 g/mol. The predicted octanol–water partition coefficient (Wildman–Crippen LogP) is 15.3. The topological polar surface area (TPSA) is 16.3 Å². The highest BCUT2D eigenvalue weighted by molar-refractivity contribution is 7.02. The summed E-state index contributed by atoms with van der Waals surface area (Å²) < 4.78 is 4.87. The van der Waals surface area contributed by atoms with Crippen LogP contribution in [0.5, 0.6) is 0 Å². The van der Waals surface area contributed by atoms with Crippen LogP contribution in [0, 0.1) is 0 Å². The van der Waals surface area contributed by atoms with Crippen LogP contribution in [0.3, 0.4) is 0 Å². The van der Waals surface area contributed by atoms with Gasteiger partial charge in [-0.2, -0.15) is 0 Å². The average Bonchev–Trinajstić information content (AvgIpc) is 3.97. The molecule has 330 valence electrons. The fourth-order valence-electron chi connectivity index (χ4n) is 12.4. The highest BCUT2D eigenvalue weighted by Gasteiger charge is 2.46. The molecule has 0 spiro atoms. The zero-order valence-electron chi connectivity index (χ0n) is 38.7. The minimum Gasteiger partial charge on any atom is -0.311 e. The van der Waals surface area contributed by atoms with E-state index in [9.17, 15) is 0 Å². The van der Waals surface area contributed by atoms with Crippen molar-refractivity contribution in [1.82, 2.24) is 9.13 Å². The van der Waals surface area contributed by atoms with Crippen LogP contribution in [0.1, 0.15) is 0 Å². The molecule has 2 aliphatic heterocycles. The first-order chi connectivity index (χ1) is 35.3. The van der Waals surface area contributed by atoms with Gasteiger partial charge in [-0.25, -0.2) is 0 Å². The molecule has 11 aromatic carbocycles. The van der Waals surface area contributed by atoms with Crippen molar-refractivity contribution < 1.29 is 0 Å². The molecule has 0 radical (unpaired) electrons. The number of rotatable bonds is 6. The summed E-state index contributed by atoms with van der Waals surface area (Å²) >= 11 is 0. The minimum absolute atomic E-state index is 0.158. The Labute approximate surface area is 412 Å². The Hall–Kier alpha value is -9.32. The second-order valence-electron chi connectivity index (χ2n) is 18.7. The zero-order valence-corrected chi connectivity index (χ0v) is 38.7. The van der Waals surface area contributed by atoms with Crippen LogP contribution in [-0.2, 0) is 0 Å². The minimum atomic E-state index is -0.158. The van der Waals surface area contributed by atoms with Crippen LogP contribution in [0.25, 0.3) is 77.2 Å². The molecule has 0 fully saturated rings. The van der Waals surface area contributed by atoms with E-state index < -0.39 is 0 Å². The molecule has 0 saturated heterocycles. The van der Waals surface area contributed by atoms with Crippen LogP contribution in [0.4, 0.5) is 34.1 Å². The molecule has 0 N–H and O–H groups in total. The Morgan fingerprint density at radius 2 is 0.535 bits per heavy atom. The predicted molar refractivity (Wildman–Crippen MR) is 300 cm³/mol. The number of benzene rings is 11. The van der Waals surface area contributed by atoms with Gasteiger partial charge in [0.25, 0.3) is 6.71 Å². The van der Waals surface area contributed by atoms with E-state index in [1.165, 1.54) is 105 Å². The first kappa shape index (κ1) is 39.7. The normalized spacial score (nSPS) is 12.7. The lowest BCUT2D eigenvalue weighted by atomic mass is 9.32. The molecule has 15 rings (SSSR count). The van der Waals surface area contributed by atoms with Gasteiger partial charge in [0.1, 0.15) is 0 Å². The number of hydrogen-bond acceptors (Lipinski definition) is 2. The summed E-state index contributed by atoms with van der Waals surface area (Å²) in [5.74, 6) is 0. The molecule has 13 aromatic rings. The maximum Gasteiger partial charge on any atom is 0.253 e. The van der Waals surface area contributed by atoms with E-state index in [4.69, 9.17) is 0 Å². The van der Waals surface area contributed by atoms with Gasteiger partial charge in [0.15, 0.2) is 0 Å². The highest BCUT2D eigenvalue weighted by atomic mass is 15.2. The number of hydrogen-bond donors (Lipinski definition) is 0. The van der Waals surface area contributed by atoms with Crippen molar-refractivity contribution in [1.29, 1.82) is 0 Å². The van der Waals surface area contributed by atoms with E-state index in [0.717, 1.165) is 22.7 Å². The fourth-order valence-corrected chi connectivity index (χ4v) is 12.4. The van der Waals surface area contributed by atoms with Crippen LogP contribution in [-0.4, -0.2) is 15.8 Å². The molecule has 2 aliphatic rings. The lowest BCUT2D eigenvalue weighted by molar-refractivity contribution is 1.18. The second-order valence-corrected chi connectivity index (χ2v) is 18.7. The van der Waals surface area contributed by atoms with Gasteiger partial charge in [-0.3, -0.25) is 0 Å². The van der Waals surface area contributed by atoms with Gasteiger partial charge >= 0.3 is 0 Å². The summed E-state index contributed by atoms with van der Waals surface area (Å²) in [6.45, 7) is -0.158. The Morgan fingerprint density at radius 1 is 0.225 bits per heavy atom. The fraction of sp³-hybridized carbons (Fsp3) is 0. The van der Waals surface area contributed by atoms with Crippen LogP contribution >= 0.6 is 0 Å². The van der Waals surface area contributed by atoms with Crippen molar-refractivity contribution in [3.63, 3.8) is 0 Å². The molecule has 0 amide bonds. The number of para-hydroxylation sites is 6. The molecular weight excluding hydrogens is 860 g/mol. The molecule has 4 heterocycles. The Bertz CT molecular complexity index is 3970. The van der Waals surface area contributed by atoms with E-state index in [1.54, 1.807) is 0 Å². The molecule has 0 bridgehead atoms. The summed E-state index contributed by atoms with van der Waals surface area (Å²) in [4.78, 5) is 5.04. The quantitative estimate of drug-likeness (QED) is 0.155. The summed E-state index contributed by atoms with van der Waals surface area (Å²) in [5, 5.41) is 4.97. The van der Waals surface area contributed by atoms with E-state index in [2.05, 4.69) is 280 Å². The van der Waals surface area contributed by atoms with Crippen molar-refractivity contribution >= 4 is 101 Å². The lowest BCUT2D eigenvalue weighted by Gasteiger charge is -2.45. The van der Waals surface area contributed by atoms with Gasteiger partial charge in [-0.05, 0) is 136 Å². The average molecular weight is 903 g/mol. The first-order valence-electron chi connectivity index (χ1n) is 24.6. The van der Waals surface area contributed by atoms with Crippen LogP contribution in [0.15, 0.2) is 261 Å². The number of anilines is 6. The van der Waals surface area contributed by atoms with Crippen molar-refractivity contribution in [2.45, 2.75) is 0 Å². The molecule has 71 heavy (non-hydrogen) atoms. The van der Waals surface area contributed by atoms with E-state index in [-0.39, 0.29) is 6.71 Å². The number of fused-ring (bicyclic) bond motifs is 10. The third-order valence-corrected chi connectivity index (χ3v) is 15.1. The maximum atomic E-state index is 2.52. The highest BCUT2D eigenvalue weighted by Crippen LogP contribution is 2.48. The van der Waals surface area contributed by atoms with Crippen molar-refractivity contribution in [3.8, 4) is 33.6 Å². The van der Waals surface area contributed by atoms with Gasteiger partial charge in [0, 0.05) is 67.0 Å². The zero-order chi connectivity index (χ0) is 46.6.